The molecule has 2 heterocycles. The van der Waals surface area contributed by atoms with Crippen LogP contribution >= 0.6 is 34.7 Å². The Hall–Kier alpha value is -2.54. The number of pyridine rings is 1. The van der Waals surface area contributed by atoms with Gasteiger partial charge < -0.3 is 10.1 Å². The minimum atomic E-state index is 0.465. The van der Waals surface area contributed by atoms with E-state index in [0.29, 0.717) is 18.2 Å². The van der Waals surface area contributed by atoms with Crippen LogP contribution in [0.4, 0.5) is 10.9 Å². The van der Waals surface area contributed by atoms with Crippen LogP contribution in [0.1, 0.15) is 16.8 Å². The number of thioether (sulfide) groups is 1. The number of halogens is 1. The summed E-state index contributed by atoms with van der Waals surface area (Å²) in [5, 5.41) is 6.85. The van der Waals surface area contributed by atoms with Gasteiger partial charge in [-0.2, -0.15) is 0 Å². The summed E-state index contributed by atoms with van der Waals surface area (Å²) in [4.78, 5) is 10.1. The summed E-state index contributed by atoms with van der Waals surface area (Å²) in [6.07, 6.45) is 1.85. The van der Waals surface area contributed by atoms with Crippen molar-refractivity contribution < 1.29 is 4.74 Å². The van der Waals surface area contributed by atoms with E-state index in [9.17, 15) is 0 Å². The number of nitrogens with one attached hydrogen (secondary N) is 1. The Balaban J connectivity index is 1.53. The van der Waals surface area contributed by atoms with Gasteiger partial charge in [-0.25, -0.2) is 9.97 Å². The number of benzene rings is 2. The maximum Gasteiger partial charge on any atom is 0.188 e. The molecule has 0 aliphatic carbocycles. The van der Waals surface area contributed by atoms with Crippen molar-refractivity contribution in [1.82, 2.24) is 9.97 Å². The van der Waals surface area contributed by atoms with Crippen molar-refractivity contribution in [3.05, 3.63) is 94.1 Å². The molecule has 0 bridgehead atoms. The molecule has 2 aromatic carbocycles. The van der Waals surface area contributed by atoms with Gasteiger partial charge >= 0.3 is 0 Å². The highest BCUT2D eigenvalue weighted by Crippen LogP contribution is 2.33. The molecule has 0 atom stereocenters. The minimum Gasteiger partial charge on any atom is -0.485 e. The number of hydrogen-bond donors (Lipinski definition) is 1. The lowest BCUT2D eigenvalue weighted by molar-refractivity contribution is 0.306. The van der Waals surface area contributed by atoms with Crippen LogP contribution in [-0.2, 0) is 12.4 Å². The van der Waals surface area contributed by atoms with Crippen LogP contribution in [0.5, 0.6) is 5.75 Å². The Morgan fingerprint density at radius 3 is 2.67 bits per heavy atom. The number of ether oxygens (including phenoxy) is 1. The first-order valence-electron chi connectivity index (χ1n) is 9.39. The molecule has 0 aliphatic rings. The van der Waals surface area contributed by atoms with Gasteiger partial charge in [0, 0.05) is 27.2 Å². The second-order valence-corrected chi connectivity index (χ2v) is 8.91. The molecular formula is C23H20ClN3OS2. The van der Waals surface area contributed by atoms with Crippen LogP contribution < -0.4 is 10.1 Å². The van der Waals surface area contributed by atoms with Gasteiger partial charge in [-0.15, -0.1) is 23.1 Å². The van der Waals surface area contributed by atoms with Crippen molar-refractivity contribution in [2.75, 3.05) is 5.32 Å². The van der Waals surface area contributed by atoms with Crippen molar-refractivity contribution >= 4 is 45.6 Å². The summed E-state index contributed by atoms with van der Waals surface area (Å²) in [5.41, 5.74) is 3.17. The van der Waals surface area contributed by atoms with Crippen LogP contribution in [0.25, 0.3) is 0 Å². The number of thiazole rings is 1. The monoisotopic (exact) mass is 453 g/mol. The third-order valence-corrected chi connectivity index (χ3v) is 6.52. The number of aromatic nitrogens is 2. The largest absolute Gasteiger partial charge is 0.485 e. The normalized spacial score (nSPS) is 10.7. The predicted octanol–water partition coefficient (Wildman–Crippen LogP) is 7.11. The summed E-state index contributed by atoms with van der Waals surface area (Å²) < 4.78 is 6.13. The molecule has 0 unspecified atom stereocenters. The quantitative estimate of drug-likeness (QED) is 0.288. The molecule has 4 nitrogen and oxygen atoms in total. The average Bonchev–Trinajstić information content (AvgIpc) is 3.18. The molecule has 152 valence electrons. The zero-order chi connectivity index (χ0) is 20.8. The van der Waals surface area contributed by atoms with E-state index >= 15 is 0 Å². The van der Waals surface area contributed by atoms with E-state index in [-0.39, 0.29) is 0 Å². The Labute approximate surface area is 189 Å². The van der Waals surface area contributed by atoms with Gasteiger partial charge in [0.15, 0.2) is 16.7 Å². The standard InChI is InChI=1S/C23H20ClN3OS2/c1-16-14-30-23(26-16)27-22-21(28-13-17-7-3-2-4-8-17)11-19(12-25-22)29-15-18-9-5-6-10-20(18)24/h2-12,14H,13,15H2,1H3,(H,25,26,27). The second-order valence-electron chi connectivity index (χ2n) is 6.59. The molecule has 0 saturated heterocycles. The Kier molecular flexibility index (Phi) is 6.89. The van der Waals surface area contributed by atoms with Gasteiger partial charge in [0.2, 0.25) is 0 Å². The number of hydrogen-bond acceptors (Lipinski definition) is 6. The highest BCUT2D eigenvalue weighted by molar-refractivity contribution is 7.98. The Morgan fingerprint density at radius 2 is 1.90 bits per heavy atom. The summed E-state index contributed by atoms with van der Waals surface area (Å²) >= 11 is 9.51. The first-order valence-corrected chi connectivity index (χ1v) is 11.6. The van der Waals surface area contributed by atoms with E-state index in [1.165, 1.54) is 0 Å². The number of anilines is 2. The van der Waals surface area contributed by atoms with Gasteiger partial charge in [-0.1, -0.05) is 60.1 Å². The molecule has 0 fully saturated rings. The highest BCUT2D eigenvalue weighted by atomic mass is 35.5. The molecule has 7 heteroatoms. The molecule has 0 aliphatic heterocycles. The van der Waals surface area contributed by atoms with E-state index in [1.807, 2.05) is 79.2 Å². The fraction of sp³-hybridized carbons (Fsp3) is 0.130. The van der Waals surface area contributed by atoms with Gasteiger partial charge in [-0.05, 0) is 30.2 Å². The summed E-state index contributed by atoms with van der Waals surface area (Å²) in [6.45, 7) is 2.43. The van der Waals surface area contributed by atoms with Crippen LogP contribution in [0.15, 0.2) is 77.1 Å². The van der Waals surface area contributed by atoms with Crippen molar-refractivity contribution in [3.8, 4) is 5.75 Å². The lowest BCUT2D eigenvalue weighted by Crippen LogP contribution is -2.01. The van der Waals surface area contributed by atoms with E-state index in [1.54, 1.807) is 23.1 Å². The molecular weight excluding hydrogens is 434 g/mol. The fourth-order valence-electron chi connectivity index (χ4n) is 2.73. The van der Waals surface area contributed by atoms with Crippen molar-refractivity contribution in [3.63, 3.8) is 0 Å². The smallest absolute Gasteiger partial charge is 0.188 e. The highest BCUT2D eigenvalue weighted by Gasteiger charge is 2.11. The van der Waals surface area contributed by atoms with E-state index in [4.69, 9.17) is 16.3 Å². The number of aryl methyl sites for hydroxylation is 1. The molecule has 1 N–H and O–H groups in total. The van der Waals surface area contributed by atoms with Gasteiger partial charge in [-0.3, -0.25) is 0 Å². The molecule has 4 rings (SSSR count). The fourth-order valence-corrected chi connectivity index (χ4v) is 4.59. The van der Waals surface area contributed by atoms with Crippen LogP contribution in [0.2, 0.25) is 5.02 Å². The first kappa shape index (κ1) is 20.7. The van der Waals surface area contributed by atoms with Crippen LogP contribution in [-0.4, -0.2) is 9.97 Å². The van der Waals surface area contributed by atoms with Crippen LogP contribution in [0, 0.1) is 6.92 Å². The van der Waals surface area contributed by atoms with Gasteiger partial charge in [0.25, 0.3) is 0 Å². The molecule has 2 aromatic heterocycles. The number of nitrogens with zero attached hydrogens (tertiary/aromatic N) is 2. The molecule has 0 saturated carbocycles. The minimum absolute atomic E-state index is 0.465. The van der Waals surface area contributed by atoms with E-state index in [0.717, 1.165) is 37.6 Å². The lowest BCUT2D eigenvalue weighted by Gasteiger charge is -2.13. The van der Waals surface area contributed by atoms with Crippen molar-refractivity contribution in [2.45, 2.75) is 24.2 Å². The molecule has 0 amide bonds. The Bertz CT molecular complexity index is 1120. The SMILES string of the molecule is Cc1csc(Nc2ncc(SCc3ccccc3Cl)cc2OCc2ccccc2)n1. The van der Waals surface area contributed by atoms with Crippen molar-refractivity contribution in [2.24, 2.45) is 0 Å². The lowest BCUT2D eigenvalue weighted by atomic mass is 10.2. The summed E-state index contributed by atoms with van der Waals surface area (Å²) in [6, 6.07) is 20.0. The van der Waals surface area contributed by atoms with E-state index < -0.39 is 0 Å². The molecule has 0 spiro atoms. The first-order chi connectivity index (χ1) is 14.7. The van der Waals surface area contributed by atoms with Gasteiger partial charge in [0.05, 0.1) is 5.69 Å². The molecule has 0 radical (unpaired) electrons. The predicted molar refractivity (Wildman–Crippen MR) is 126 cm³/mol. The molecule has 30 heavy (non-hydrogen) atoms. The second kappa shape index (κ2) is 9.98. The zero-order valence-corrected chi connectivity index (χ0v) is 18.7. The maximum atomic E-state index is 6.29. The average molecular weight is 454 g/mol. The van der Waals surface area contributed by atoms with Crippen LogP contribution in [0.3, 0.4) is 0 Å². The maximum absolute atomic E-state index is 6.29. The van der Waals surface area contributed by atoms with Gasteiger partial charge in [0.1, 0.15) is 6.61 Å². The third-order valence-electron chi connectivity index (χ3n) is 4.26. The third kappa shape index (κ3) is 5.53. The summed E-state index contributed by atoms with van der Waals surface area (Å²) in [7, 11) is 0. The Morgan fingerprint density at radius 1 is 1.10 bits per heavy atom. The zero-order valence-electron chi connectivity index (χ0n) is 16.3. The summed E-state index contributed by atoms with van der Waals surface area (Å²) in [5.74, 6) is 2.11. The van der Waals surface area contributed by atoms with E-state index in [2.05, 4.69) is 15.3 Å². The topological polar surface area (TPSA) is 47.0 Å². The molecule has 4 aromatic rings. The number of rotatable bonds is 8. The van der Waals surface area contributed by atoms with Crippen molar-refractivity contribution in [1.29, 1.82) is 0 Å².